The molecule has 0 unspecified atom stereocenters. The number of benzene rings is 2. The highest BCUT2D eigenvalue weighted by Crippen LogP contribution is 2.28. The van der Waals surface area contributed by atoms with Gasteiger partial charge in [-0.2, -0.15) is 5.26 Å². The molecule has 0 aliphatic heterocycles. The van der Waals surface area contributed by atoms with E-state index in [4.69, 9.17) is 9.47 Å². The fourth-order valence-electron chi connectivity index (χ4n) is 2.88. The largest absolute Gasteiger partial charge is 0.496 e. The summed E-state index contributed by atoms with van der Waals surface area (Å²) in [6.07, 6.45) is 2.78. The Labute approximate surface area is 173 Å². The zero-order chi connectivity index (χ0) is 20.8. The number of aryl methyl sites for hydroxylation is 1. The molecule has 1 N–H and O–H groups in total. The van der Waals surface area contributed by atoms with Crippen LogP contribution in [0.3, 0.4) is 0 Å². The van der Waals surface area contributed by atoms with Crippen LogP contribution in [0.1, 0.15) is 23.6 Å². The Bertz CT molecular complexity index is 1100. The number of H-pyrrole nitrogens is 1. The van der Waals surface area contributed by atoms with Crippen LogP contribution in [-0.2, 0) is 13.0 Å². The van der Waals surface area contributed by atoms with Crippen molar-refractivity contribution in [2.45, 2.75) is 25.1 Å². The summed E-state index contributed by atoms with van der Waals surface area (Å²) in [6.45, 7) is 2.38. The fourth-order valence-corrected chi connectivity index (χ4v) is 3.26. The first-order valence-corrected chi connectivity index (χ1v) is 10.3. The number of aromatic nitrogens is 2. The number of nitrogens with zero attached hydrogens (tertiary/aromatic N) is 2. The lowest BCUT2D eigenvalue weighted by atomic mass is 10.0. The number of nitrogens with one attached hydrogen (secondary N) is 1. The summed E-state index contributed by atoms with van der Waals surface area (Å²) in [5.41, 5.74) is 2.56. The van der Waals surface area contributed by atoms with E-state index in [1.165, 1.54) is 17.3 Å². The minimum Gasteiger partial charge on any atom is -0.496 e. The van der Waals surface area contributed by atoms with Crippen molar-refractivity contribution in [3.05, 3.63) is 69.5 Å². The Morgan fingerprint density at radius 2 is 1.97 bits per heavy atom. The van der Waals surface area contributed by atoms with Crippen molar-refractivity contribution in [2.24, 2.45) is 0 Å². The molecule has 7 heteroatoms. The van der Waals surface area contributed by atoms with Gasteiger partial charge in [0, 0.05) is 11.1 Å². The van der Waals surface area contributed by atoms with Crippen molar-refractivity contribution in [3.8, 4) is 28.8 Å². The molecule has 3 rings (SSSR count). The van der Waals surface area contributed by atoms with Crippen molar-refractivity contribution in [1.29, 1.82) is 5.26 Å². The molecule has 0 saturated heterocycles. The van der Waals surface area contributed by atoms with E-state index >= 15 is 0 Å². The Hall–Kier alpha value is -3.24. The predicted octanol–water partition coefficient (Wildman–Crippen LogP) is 4.18. The minimum absolute atomic E-state index is 0.0185. The number of aromatic amines is 1. The average molecular weight is 407 g/mol. The molecule has 0 spiro atoms. The topological polar surface area (TPSA) is 88.0 Å². The van der Waals surface area contributed by atoms with E-state index in [1.807, 2.05) is 42.7 Å². The zero-order valence-corrected chi connectivity index (χ0v) is 17.3. The molecule has 0 aliphatic carbocycles. The second-order valence-electron chi connectivity index (χ2n) is 6.22. The highest BCUT2D eigenvalue weighted by Gasteiger charge is 2.15. The minimum atomic E-state index is -0.452. The van der Waals surface area contributed by atoms with Gasteiger partial charge in [-0.15, -0.1) is 0 Å². The summed E-state index contributed by atoms with van der Waals surface area (Å²) in [6, 6.07) is 15.3. The van der Waals surface area contributed by atoms with E-state index in [9.17, 15) is 10.1 Å². The van der Waals surface area contributed by atoms with E-state index in [-0.39, 0.29) is 12.2 Å². The maximum absolute atomic E-state index is 12.2. The third-order valence-corrected chi connectivity index (χ3v) is 5.06. The van der Waals surface area contributed by atoms with Crippen LogP contribution in [0.25, 0.3) is 11.3 Å². The predicted molar refractivity (Wildman–Crippen MR) is 113 cm³/mol. The molecule has 29 heavy (non-hydrogen) atoms. The molecule has 3 aromatic rings. The number of rotatable bonds is 7. The molecule has 6 nitrogen and oxygen atoms in total. The molecule has 0 radical (unpaired) electrons. The summed E-state index contributed by atoms with van der Waals surface area (Å²) in [7, 11) is 1.59. The summed E-state index contributed by atoms with van der Waals surface area (Å²) in [5.74, 6) is 1.42. The lowest BCUT2D eigenvalue weighted by molar-refractivity contribution is 0.296. The zero-order valence-electron chi connectivity index (χ0n) is 16.5. The Morgan fingerprint density at radius 3 is 2.59 bits per heavy atom. The van der Waals surface area contributed by atoms with Crippen LogP contribution in [0, 0.1) is 11.3 Å². The average Bonchev–Trinajstić information content (AvgIpc) is 2.77. The number of ether oxygens (including phenoxy) is 2. The first-order chi connectivity index (χ1) is 14.1. The SMILES string of the molecule is CCc1ccc(OCc2cc(-c3nc(SC)[nH]c(=O)c3C#N)ccc2OC)cc1. The van der Waals surface area contributed by atoms with Gasteiger partial charge in [0.2, 0.25) is 0 Å². The second-order valence-corrected chi connectivity index (χ2v) is 7.02. The molecule has 0 atom stereocenters. The number of hydrogen-bond acceptors (Lipinski definition) is 6. The summed E-state index contributed by atoms with van der Waals surface area (Å²) < 4.78 is 11.4. The van der Waals surface area contributed by atoms with Gasteiger partial charge < -0.3 is 14.5 Å². The van der Waals surface area contributed by atoms with Crippen molar-refractivity contribution in [3.63, 3.8) is 0 Å². The quantitative estimate of drug-likeness (QED) is 0.467. The van der Waals surface area contributed by atoms with E-state index in [1.54, 1.807) is 19.2 Å². The van der Waals surface area contributed by atoms with Crippen molar-refractivity contribution >= 4 is 11.8 Å². The molecule has 2 aromatic carbocycles. The van der Waals surface area contributed by atoms with Gasteiger partial charge in [0.15, 0.2) is 5.16 Å². The van der Waals surface area contributed by atoms with Gasteiger partial charge in [0.25, 0.3) is 5.56 Å². The van der Waals surface area contributed by atoms with Gasteiger partial charge in [-0.3, -0.25) is 4.79 Å². The second kappa shape index (κ2) is 9.30. The normalized spacial score (nSPS) is 10.4. The number of nitriles is 1. The molecule has 1 heterocycles. The van der Waals surface area contributed by atoms with Gasteiger partial charge in [0.05, 0.1) is 12.8 Å². The van der Waals surface area contributed by atoms with Crippen LogP contribution in [0.4, 0.5) is 0 Å². The molecule has 0 fully saturated rings. The molecular formula is C22H21N3O3S. The van der Waals surface area contributed by atoms with Crippen molar-refractivity contribution < 1.29 is 9.47 Å². The van der Waals surface area contributed by atoms with Crippen LogP contribution in [0.15, 0.2) is 52.4 Å². The van der Waals surface area contributed by atoms with Crippen molar-refractivity contribution in [2.75, 3.05) is 13.4 Å². The van der Waals surface area contributed by atoms with Crippen LogP contribution < -0.4 is 15.0 Å². The van der Waals surface area contributed by atoms with Gasteiger partial charge in [-0.1, -0.05) is 30.8 Å². The summed E-state index contributed by atoms with van der Waals surface area (Å²) >= 11 is 1.31. The maximum Gasteiger partial charge on any atom is 0.270 e. The van der Waals surface area contributed by atoms with Crippen LogP contribution >= 0.6 is 11.8 Å². The Morgan fingerprint density at radius 1 is 1.21 bits per heavy atom. The van der Waals surface area contributed by atoms with Crippen LogP contribution in [-0.4, -0.2) is 23.3 Å². The highest BCUT2D eigenvalue weighted by atomic mass is 32.2. The molecule has 0 amide bonds. The standard InChI is InChI=1S/C22H21N3O3S/c1-4-14-5-8-17(9-6-14)28-13-16-11-15(7-10-19(16)27-2)20-18(12-23)21(26)25-22(24-20)29-3/h5-11H,4,13H2,1-3H3,(H,24,25,26). The van der Waals surface area contributed by atoms with E-state index < -0.39 is 5.56 Å². The number of methoxy groups -OCH3 is 1. The van der Waals surface area contributed by atoms with Crippen molar-refractivity contribution in [1.82, 2.24) is 9.97 Å². The third-order valence-electron chi connectivity index (χ3n) is 4.48. The Kier molecular flexibility index (Phi) is 6.57. The lowest BCUT2D eigenvalue weighted by Gasteiger charge is -2.13. The van der Waals surface area contributed by atoms with E-state index in [2.05, 4.69) is 16.9 Å². The van der Waals surface area contributed by atoms with Gasteiger partial charge >= 0.3 is 0 Å². The highest BCUT2D eigenvalue weighted by molar-refractivity contribution is 7.98. The lowest BCUT2D eigenvalue weighted by Crippen LogP contribution is -2.14. The monoisotopic (exact) mass is 407 g/mol. The maximum atomic E-state index is 12.2. The molecule has 0 bridgehead atoms. The molecule has 0 aliphatic rings. The molecule has 148 valence electrons. The van der Waals surface area contributed by atoms with Crippen LogP contribution in [0.2, 0.25) is 0 Å². The summed E-state index contributed by atoms with van der Waals surface area (Å²) in [4.78, 5) is 19.2. The smallest absolute Gasteiger partial charge is 0.270 e. The Balaban J connectivity index is 1.96. The number of hydrogen-bond donors (Lipinski definition) is 1. The van der Waals surface area contributed by atoms with Gasteiger partial charge in [-0.25, -0.2) is 4.98 Å². The molecule has 0 saturated carbocycles. The summed E-state index contributed by atoms with van der Waals surface area (Å²) in [5, 5.41) is 9.88. The number of thioether (sulfide) groups is 1. The van der Waals surface area contributed by atoms with Gasteiger partial charge in [-0.05, 0) is 48.6 Å². The third kappa shape index (κ3) is 4.61. The van der Waals surface area contributed by atoms with E-state index in [0.29, 0.717) is 22.2 Å². The first kappa shape index (κ1) is 20.5. The fraction of sp³-hybridized carbons (Fsp3) is 0.227. The van der Waals surface area contributed by atoms with Crippen LogP contribution in [0.5, 0.6) is 11.5 Å². The molecule has 1 aromatic heterocycles. The van der Waals surface area contributed by atoms with E-state index in [0.717, 1.165) is 17.7 Å². The van der Waals surface area contributed by atoms with Gasteiger partial charge in [0.1, 0.15) is 29.7 Å². The molecular weight excluding hydrogens is 386 g/mol. The first-order valence-electron chi connectivity index (χ1n) is 9.07.